The molecule has 0 spiro atoms. The fourth-order valence-electron chi connectivity index (χ4n) is 3.66. The molecule has 1 amide bonds. The molecule has 1 aliphatic carbocycles. The van der Waals surface area contributed by atoms with E-state index in [0.717, 1.165) is 49.8 Å². The highest BCUT2D eigenvalue weighted by Crippen LogP contribution is 2.29. The van der Waals surface area contributed by atoms with Crippen LogP contribution in [-0.4, -0.2) is 63.0 Å². The molecule has 3 heterocycles. The predicted molar refractivity (Wildman–Crippen MR) is 101 cm³/mol. The maximum Gasteiger partial charge on any atom is 0.227 e. The minimum atomic E-state index is 0.0343. The molecule has 2 aromatic heterocycles. The molecular weight excluding hydrogens is 330 g/mol. The lowest BCUT2D eigenvalue weighted by atomic mass is 9.96. The van der Waals surface area contributed by atoms with Gasteiger partial charge in [-0.15, -0.1) is 0 Å². The molecular formula is C18H27N7O. The van der Waals surface area contributed by atoms with Crippen molar-refractivity contribution in [1.29, 1.82) is 0 Å². The minimum Gasteiger partial charge on any atom is -0.365 e. The van der Waals surface area contributed by atoms with Crippen molar-refractivity contribution in [3.63, 3.8) is 0 Å². The Morgan fingerprint density at radius 1 is 1.31 bits per heavy atom. The quantitative estimate of drug-likeness (QED) is 0.822. The van der Waals surface area contributed by atoms with E-state index in [2.05, 4.69) is 30.2 Å². The lowest BCUT2D eigenvalue weighted by Gasteiger charge is -2.34. The van der Waals surface area contributed by atoms with Gasteiger partial charge in [-0.1, -0.05) is 0 Å². The third-order valence-electron chi connectivity index (χ3n) is 5.34. The van der Waals surface area contributed by atoms with Crippen LogP contribution in [0.2, 0.25) is 0 Å². The summed E-state index contributed by atoms with van der Waals surface area (Å²) >= 11 is 0. The van der Waals surface area contributed by atoms with Crippen molar-refractivity contribution in [3.8, 4) is 0 Å². The number of anilines is 2. The van der Waals surface area contributed by atoms with Crippen LogP contribution < -0.4 is 10.2 Å². The second kappa shape index (κ2) is 7.09. The maximum atomic E-state index is 12.7. The lowest BCUT2D eigenvalue weighted by molar-refractivity contribution is -0.135. The Bertz CT molecular complexity index is 781. The zero-order valence-corrected chi connectivity index (χ0v) is 15.5. The van der Waals surface area contributed by atoms with Gasteiger partial charge >= 0.3 is 0 Å². The van der Waals surface area contributed by atoms with Crippen LogP contribution in [0.1, 0.15) is 39.5 Å². The largest absolute Gasteiger partial charge is 0.365 e. The Morgan fingerprint density at radius 3 is 2.85 bits per heavy atom. The number of hydrogen-bond acceptors (Lipinski definition) is 6. The molecule has 2 aromatic rings. The molecule has 1 saturated carbocycles. The number of piperidine rings is 1. The number of carbonyl (C=O) groups is 1. The molecule has 8 nitrogen and oxygen atoms in total. The molecule has 1 unspecified atom stereocenters. The van der Waals surface area contributed by atoms with Crippen LogP contribution in [0.15, 0.2) is 6.33 Å². The number of carbonyl (C=O) groups excluding carboxylic acids is 1. The van der Waals surface area contributed by atoms with Gasteiger partial charge in [0.1, 0.15) is 11.8 Å². The molecule has 26 heavy (non-hydrogen) atoms. The summed E-state index contributed by atoms with van der Waals surface area (Å²) in [5.74, 6) is 1.90. The van der Waals surface area contributed by atoms with Crippen molar-refractivity contribution < 1.29 is 4.79 Å². The van der Waals surface area contributed by atoms with E-state index < -0.39 is 0 Å². The Hall–Kier alpha value is -2.38. The summed E-state index contributed by atoms with van der Waals surface area (Å²) in [4.78, 5) is 33.5. The number of nitrogens with zero attached hydrogens (tertiary/aromatic N) is 5. The van der Waals surface area contributed by atoms with Crippen molar-refractivity contribution >= 4 is 28.8 Å². The average molecular weight is 357 g/mol. The van der Waals surface area contributed by atoms with E-state index in [1.54, 1.807) is 6.33 Å². The van der Waals surface area contributed by atoms with Crippen molar-refractivity contribution in [2.24, 2.45) is 5.92 Å². The Labute approximate surface area is 153 Å². The van der Waals surface area contributed by atoms with Crippen LogP contribution in [0.25, 0.3) is 11.2 Å². The summed E-state index contributed by atoms with van der Waals surface area (Å²) in [6.07, 6.45) is 5.87. The van der Waals surface area contributed by atoms with Crippen LogP contribution in [-0.2, 0) is 4.79 Å². The summed E-state index contributed by atoms with van der Waals surface area (Å²) in [5.41, 5.74) is 1.53. The lowest BCUT2D eigenvalue weighted by Crippen LogP contribution is -2.45. The molecule has 1 atom stereocenters. The average Bonchev–Trinajstić information content (AvgIpc) is 3.37. The van der Waals surface area contributed by atoms with Gasteiger partial charge < -0.3 is 20.1 Å². The van der Waals surface area contributed by atoms with Gasteiger partial charge in [-0.25, -0.2) is 9.97 Å². The maximum absolute atomic E-state index is 12.7. The Kier molecular flexibility index (Phi) is 4.65. The highest BCUT2D eigenvalue weighted by molar-refractivity contribution is 5.85. The second-order valence-corrected chi connectivity index (χ2v) is 7.20. The standard InChI is InChI=1S/C18H27N7O/c1-3-24(4-2)17(26)12-6-5-9-25(10-12)18-22-14-15(21-13-7-8-13)19-11-20-16(14)23-18/h11-13H,3-10H2,1-2H3,(H2,19,20,21,22,23). The molecule has 0 radical (unpaired) electrons. The molecule has 1 saturated heterocycles. The summed E-state index contributed by atoms with van der Waals surface area (Å²) in [6, 6.07) is 0.519. The van der Waals surface area contributed by atoms with Gasteiger partial charge in [0.25, 0.3) is 0 Å². The number of H-pyrrole nitrogens is 1. The number of rotatable bonds is 6. The summed E-state index contributed by atoms with van der Waals surface area (Å²) < 4.78 is 0. The zero-order chi connectivity index (χ0) is 18.1. The van der Waals surface area contributed by atoms with Gasteiger partial charge in [-0.3, -0.25) is 4.79 Å². The van der Waals surface area contributed by atoms with E-state index in [9.17, 15) is 4.79 Å². The highest BCUT2D eigenvalue weighted by atomic mass is 16.2. The topological polar surface area (TPSA) is 90.0 Å². The van der Waals surface area contributed by atoms with E-state index in [1.807, 2.05) is 18.7 Å². The van der Waals surface area contributed by atoms with E-state index in [1.165, 1.54) is 12.8 Å². The van der Waals surface area contributed by atoms with Gasteiger partial charge in [0, 0.05) is 32.2 Å². The smallest absolute Gasteiger partial charge is 0.227 e. The van der Waals surface area contributed by atoms with Gasteiger partial charge in [0.2, 0.25) is 11.9 Å². The first-order valence-electron chi connectivity index (χ1n) is 9.70. The van der Waals surface area contributed by atoms with Gasteiger partial charge in [-0.2, -0.15) is 4.98 Å². The third-order valence-corrected chi connectivity index (χ3v) is 5.34. The number of imidazole rings is 1. The van der Waals surface area contributed by atoms with Crippen molar-refractivity contribution in [2.75, 3.05) is 36.4 Å². The minimum absolute atomic E-state index is 0.0343. The van der Waals surface area contributed by atoms with E-state index in [0.29, 0.717) is 18.2 Å². The molecule has 2 aliphatic rings. The number of nitrogens with one attached hydrogen (secondary N) is 2. The van der Waals surface area contributed by atoms with Crippen LogP contribution in [0, 0.1) is 5.92 Å². The predicted octanol–water partition coefficient (Wildman–Crippen LogP) is 2.01. The van der Waals surface area contributed by atoms with Gasteiger partial charge in [0.15, 0.2) is 11.5 Å². The molecule has 2 N–H and O–H groups in total. The van der Waals surface area contributed by atoms with Crippen LogP contribution in [0.4, 0.5) is 11.8 Å². The zero-order valence-electron chi connectivity index (χ0n) is 15.5. The molecule has 4 rings (SSSR count). The first-order chi connectivity index (χ1) is 12.7. The monoisotopic (exact) mass is 357 g/mol. The molecule has 8 heteroatoms. The molecule has 2 fully saturated rings. The van der Waals surface area contributed by atoms with Crippen LogP contribution >= 0.6 is 0 Å². The van der Waals surface area contributed by atoms with Crippen LogP contribution in [0.5, 0.6) is 0 Å². The van der Waals surface area contributed by atoms with E-state index in [4.69, 9.17) is 0 Å². The Balaban J connectivity index is 1.54. The molecule has 0 bridgehead atoms. The first-order valence-corrected chi connectivity index (χ1v) is 9.70. The van der Waals surface area contributed by atoms with E-state index in [-0.39, 0.29) is 11.8 Å². The first kappa shape index (κ1) is 17.1. The van der Waals surface area contributed by atoms with Gasteiger partial charge in [-0.05, 0) is 39.5 Å². The van der Waals surface area contributed by atoms with Crippen molar-refractivity contribution in [3.05, 3.63) is 6.33 Å². The van der Waals surface area contributed by atoms with E-state index >= 15 is 0 Å². The second-order valence-electron chi connectivity index (χ2n) is 7.20. The number of hydrogen-bond donors (Lipinski definition) is 2. The number of fused-ring (bicyclic) bond motifs is 1. The third kappa shape index (κ3) is 3.32. The highest BCUT2D eigenvalue weighted by Gasteiger charge is 2.30. The molecule has 0 aromatic carbocycles. The molecule has 1 aliphatic heterocycles. The molecule has 140 valence electrons. The van der Waals surface area contributed by atoms with Crippen LogP contribution in [0.3, 0.4) is 0 Å². The SMILES string of the molecule is CCN(CC)C(=O)C1CCCN(c2nc3ncnc(NC4CC4)c3[nH]2)C1. The normalized spacial score (nSPS) is 20.4. The van der Waals surface area contributed by atoms with Gasteiger partial charge in [0.05, 0.1) is 5.92 Å². The fraction of sp³-hybridized carbons (Fsp3) is 0.667. The fourth-order valence-corrected chi connectivity index (χ4v) is 3.66. The number of aromatic amines is 1. The Morgan fingerprint density at radius 2 is 2.12 bits per heavy atom. The number of amides is 1. The van der Waals surface area contributed by atoms with Crippen molar-refractivity contribution in [2.45, 2.75) is 45.6 Å². The summed E-state index contributed by atoms with van der Waals surface area (Å²) in [5, 5.41) is 3.43. The summed E-state index contributed by atoms with van der Waals surface area (Å²) in [7, 11) is 0. The summed E-state index contributed by atoms with van der Waals surface area (Å²) in [6.45, 7) is 7.21. The number of aromatic nitrogens is 4. The van der Waals surface area contributed by atoms with Crippen molar-refractivity contribution in [1.82, 2.24) is 24.8 Å².